The quantitative estimate of drug-likeness (QED) is 0.326. The lowest BCUT2D eigenvalue weighted by Gasteiger charge is -2.36. The fraction of sp³-hybridized carbons (Fsp3) is 0.571. The Labute approximate surface area is 223 Å². The lowest BCUT2D eigenvalue weighted by Crippen LogP contribution is -2.27. The zero-order valence-corrected chi connectivity index (χ0v) is 25.3. The van der Waals surface area contributed by atoms with Gasteiger partial charge in [0.15, 0.2) is 11.5 Å². The normalized spacial score (nSPS) is 14.1. The standard InChI is InChI=1S/C28H42O7S2/c1-25(2,3)17-27(7,8)19-13-11-15-21(36(29,30)31)23(19)35-24-20(28(9,10)18-26(4,5)6)14-12-16-22(24)37(32,33)34/h11-16H,17-18H2,1-10H3,(H,29,30,31)(H,32,33,34). The zero-order chi connectivity index (χ0) is 28.8. The predicted molar refractivity (Wildman–Crippen MR) is 147 cm³/mol. The molecule has 0 saturated carbocycles. The molecule has 2 rings (SSSR count). The van der Waals surface area contributed by atoms with Gasteiger partial charge in [-0.3, -0.25) is 9.11 Å². The molecule has 0 heterocycles. The van der Waals surface area contributed by atoms with Crippen molar-refractivity contribution in [2.75, 3.05) is 0 Å². The van der Waals surface area contributed by atoms with Crippen molar-refractivity contribution in [1.29, 1.82) is 0 Å². The van der Waals surface area contributed by atoms with Crippen LogP contribution in [0.1, 0.15) is 93.2 Å². The van der Waals surface area contributed by atoms with Crippen molar-refractivity contribution >= 4 is 20.2 Å². The van der Waals surface area contributed by atoms with E-state index in [1.807, 2.05) is 27.7 Å². The molecule has 0 fully saturated rings. The van der Waals surface area contributed by atoms with E-state index < -0.39 is 40.9 Å². The SMILES string of the molecule is CC(C)(C)CC(C)(C)c1cccc(S(=O)(=O)O)c1Oc1c(C(C)(C)CC(C)(C)C)cccc1S(=O)(=O)O. The van der Waals surface area contributed by atoms with Crippen molar-refractivity contribution in [3.8, 4) is 11.5 Å². The van der Waals surface area contributed by atoms with Gasteiger partial charge in [0.05, 0.1) is 0 Å². The zero-order valence-electron chi connectivity index (χ0n) is 23.6. The third-order valence-electron chi connectivity index (χ3n) is 6.12. The molecule has 0 amide bonds. The maximum absolute atomic E-state index is 12.5. The summed E-state index contributed by atoms with van der Waals surface area (Å²) in [6.07, 6.45) is 1.27. The van der Waals surface area contributed by atoms with Gasteiger partial charge in [-0.25, -0.2) is 0 Å². The molecule has 208 valence electrons. The average molecular weight is 555 g/mol. The molecule has 0 aliphatic heterocycles. The van der Waals surface area contributed by atoms with Crippen LogP contribution in [0.15, 0.2) is 46.2 Å². The maximum atomic E-state index is 12.5. The van der Waals surface area contributed by atoms with Crippen LogP contribution in [0.2, 0.25) is 0 Å². The number of rotatable bonds is 8. The molecule has 0 aromatic heterocycles. The second kappa shape index (κ2) is 9.98. The van der Waals surface area contributed by atoms with Crippen LogP contribution in [-0.4, -0.2) is 25.9 Å². The molecule has 0 radical (unpaired) electrons. The van der Waals surface area contributed by atoms with Crippen LogP contribution in [0.4, 0.5) is 0 Å². The van der Waals surface area contributed by atoms with Crippen LogP contribution in [0, 0.1) is 10.8 Å². The molecule has 0 unspecified atom stereocenters. The van der Waals surface area contributed by atoms with Gasteiger partial charge in [-0.05, 0) is 46.6 Å². The molecule has 2 N–H and O–H groups in total. The summed E-state index contributed by atoms with van der Waals surface area (Å²) in [7, 11) is -9.48. The first kappa shape index (κ1) is 31.3. The first-order valence-corrected chi connectivity index (χ1v) is 15.1. The van der Waals surface area contributed by atoms with Gasteiger partial charge in [-0.1, -0.05) is 93.5 Å². The predicted octanol–water partition coefficient (Wildman–Crippen LogP) is 7.40. The Bertz CT molecular complexity index is 1250. The van der Waals surface area contributed by atoms with Crippen molar-refractivity contribution < 1.29 is 30.7 Å². The van der Waals surface area contributed by atoms with E-state index in [2.05, 4.69) is 41.5 Å². The van der Waals surface area contributed by atoms with Gasteiger partial charge >= 0.3 is 0 Å². The van der Waals surface area contributed by atoms with Gasteiger partial charge < -0.3 is 4.74 Å². The monoisotopic (exact) mass is 554 g/mol. The lowest BCUT2D eigenvalue weighted by atomic mass is 9.71. The van der Waals surface area contributed by atoms with Gasteiger partial charge in [0, 0.05) is 11.1 Å². The number of benzene rings is 2. The smallest absolute Gasteiger partial charge is 0.298 e. The Morgan fingerprint density at radius 2 is 0.892 bits per heavy atom. The minimum Gasteiger partial charge on any atom is -0.454 e. The summed E-state index contributed by atoms with van der Waals surface area (Å²) < 4.78 is 76.4. The summed E-state index contributed by atoms with van der Waals surface area (Å²) in [6, 6.07) is 8.91. The summed E-state index contributed by atoms with van der Waals surface area (Å²) >= 11 is 0. The Morgan fingerprint density at radius 3 is 1.14 bits per heavy atom. The highest BCUT2D eigenvalue weighted by Crippen LogP contribution is 2.48. The van der Waals surface area contributed by atoms with Crippen molar-refractivity contribution in [3.63, 3.8) is 0 Å². The van der Waals surface area contributed by atoms with Gasteiger partial charge in [-0.15, -0.1) is 0 Å². The van der Waals surface area contributed by atoms with E-state index in [9.17, 15) is 25.9 Å². The molecule has 0 saturated heterocycles. The van der Waals surface area contributed by atoms with E-state index in [4.69, 9.17) is 4.74 Å². The number of para-hydroxylation sites is 2. The first-order valence-electron chi connectivity index (χ1n) is 12.3. The second-order valence-electron chi connectivity index (χ2n) is 13.6. The summed E-state index contributed by atoms with van der Waals surface area (Å²) in [5, 5.41) is 0. The van der Waals surface area contributed by atoms with E-state index in [0.29, 0.717) is 24.0 Å². The average Bonchev–Trinajstić information content (AvgIpc) is 2.62. The largest absolute Gasteiger partial charge is 0.454 e. The van der Waals surface area contributed by atoms with Crippen molar-refractivity contribution in [2.45, 2.75) is 103 Å². The molecule has 7 nitrogen and oxygen atoms in total. The van der Waals surface area contributed by atoms with Crippen LogP contribution in [0.5, 0.6) is 11.5 Å². The Morgan fingerprint density at radius 1 is 0.595 bits per heavy atom. The summed E-state index contributed by atoms with van der Waals surface area (Å²) in [6.45, 7) is 20.1. The topological polar surface area (TPSA) is 118 Å². The van der Waals surface area contributed by atoms with Crippen LogP contribution < -0.4 is 4.74 Å². The van der Waals surface area contributed by atoms with Crippen molar-refractivity contribution in [3.05, 3.63) is 47.5 Å². The minimum atomic E-state index is -4.74. The number of hydrogen-bond donors (Lipinski definition) is 2. The fourth-order valence-corrected chi connectivity index (χ4v) is 6.93. The molecule has 2 aromatic carbocycles. The second-order valence-corrected chi connectivity index (χ2v) is 16.3. The Hall–Kier alpha value is -1.94. The molecule has 0 bridgehead atoms. The van der Waals surface area contributed by atoms with E-state index in [1.54, 1.807) is 12.1 Å². The van der Waals surface area contributed by atoms with Crippen LogP contribution >= 0.6 is 0 Å². The highest BCUT2D eigenvalue weighted by Gasteiger charge is 2.37. The van der Waals surface area contributed by atoms with Crippen LogP contribution in [-0.2, 0) is 31.1 Å². The number of hydrogen-bond acceptors (Lipinski definition) is 5. The first-order chi connectivity index (χ1) is 16.4. The van der Waals surface area contributed by atoms with Gasteiger partial charge in [0.25, 0.3) is 20.2 Å². The van der Waals surface area contributed by atoms with Crippen LogP contribution in [0.3, 0.4) is 0 Å². The van der Waals surface area contributed by atoms with E-state index in [1.165, 1.54) is 24.3 Å². The Kier molecular flexibility index (Phi) is 8.44. The van der Waals surface area contributed by atoms with Crippen molar-refractivity contribution in [1.82, 2.24) is 0 Å². The highest BCUT2D eigenvalue weighted by molar-refractivity contribution is 7.86. The molecule has 0 spiro atoms. The highest BCUT2D eigenvalue weighted by atomic mass is 32.2. The van der Waals surface area contributed by atoms with Crippen LogP contribution in [0.25, 0.3) is 0 Å². The van der Waals surface area contributed by atoms with Crippen molar-refractivity contribution in [2.24, 2.45) is 10.8 Å². The molecule has 0 aliphatic rings. The minimum absolute atomic E-state index is 0.138. The summed E-state index contributed by atoms with van der Waals surface area (Å²) in [5.74, 6) is -0.327. The molecule has 0 aliphatic carbocycles. The molecular formula is C28H42O7S2. The molecule has 9 heteroatoms. The maximum Gasteiger partial charge on any atom is 0.298 e. The van der Waals surface area contributed by atoms with Gasteiger partial charge in [-0.2, -0.15) is 16.8 Å². The van der Waals surface area contributed by atoms with E-state index >= 15 is 0 Å². The number of ether oxygens (including phenoxy) is 1. The van der Waals surface area contributed by atoms with Gasteiger partial charge in [0.1, 0.15) is 9.79 Å². The van der Waals surface area contributed by atoms with Gasteiger partial charge in [0.2, 0.25) is 0 Å². The van der Waals surface area contributed by atoms with E-state index in [-0.39, 0.29) is 22.3 Å². The Balaban J connectivity index is 2.98. The molecule has 37 heavy (non-hydrogen) atoms. The summed E-state index contributed by atoms with van der Waals surface area (Å²) in [5.41, 5.74) is -0.544. The molecular weight excluding hydrogens is 512 g/mol. The lowest BCUT2D eigenvalue weighted by molar-refractivity contribution is 0.272. The third kappa shape index (κ3) is 8.02. The fourth-order valence-electron chi connectivity index (χ4n) is 5.66. The molecule has 0 atom stereocenters. The van der Waals surface area contributed by atoms with E-state index in [0.717, 1.165) is 0 Å². The third-order valence-corrected chi connectivity index (χ3v) is 7.88. The summed E-state index contributed by atoms with van der Waals surface area (Å²) in [4.78, 5) is -0.951. The molecule has 2 aromatic rings.